The summed E-state index contributed by atoms with van der Waals surface area (Å²) in [6.45, 7) is 2.69. The summed E-state index contributed by atoms with van der Waals surface area (Å²) in [6.07, 6.45) is 0.827. The summed E-state index contributed by atoms with van der Waals surface area (Å²) >= 11 is 0. The summed E-state index contributed by atoms with van der Waals surface area (Å²) < 4.78 is 6.05. The molecule has 0 saturated heterocycles. The van der Waals surface area contributed by atoms with E-state index in [0.717, 1.165) is 17.7 Å². The maximum Gasteiger partial charge on any atom is 0.138 e. The first-order chi connectivity index (χ1) is 11.8. The number of nitrogens with one attached hydrogen (secondary N) is 1. The zero-order valence-electron chi connectivity index (χ0n) is 13.7. The van der Waals surface area contributed by atoms with Crippen LogP contribution in [0.15, 0.2) is 60.7 Å². The summed E-state index contributed by atoms with van der Waals surface area (Å²) in [6, 6.07) is 20.4. The molecular weight excluding hydrogens is 298 g/mol. The Morgan fingerprint density at radius 3 is 2.71 bits per heavy atom. The fraction of sp³-hybridized carbons (Fsp3) is 0.238. The SMILES string of the molecule is CCO[C@@H]1Cc2cccc(O)c2N[C@@H]1c1cccc2ccccc12. The van der Waals surface area contributed by atoms with Gasteiger partial charge in [0.25, 0.3) is 0 Å². The Balaban J connectivity index is 1.84. The van der Waals surface area contributed by atoms with Gasteiger partial charge in [0.05, 0.1) is 17.8 Å². The van der Waals surface area contributed by atoms with E-state index in [9.17, 15) is 5.11 Å². The van der Waals surface area contributed by atoms with Gasteiger partial charge in [0.2, 0.25) is 0 Å². The number of ether oxygens (including phenoxy) is 1. The smallest absolute Gasteiger partial charge is 0.138 e. The lowest BCUT2D eigenvalue weighted by molar-refractivity contribution is 0.0466. The third-order valence-corrected chi connectivity index (χ3v) is 4.76. The molecule has 0 amide bonds. The van der Waals surface area contributed by atoms with Crippen molar-refractivity contribution in [1.29, 1.82) is 0 Å². The maximum absolute atomic E-state index is 10.2. The van der Waals surface area contributed by atoms with E-state index in [1.807, 2.05) is 19.1 Å². The summed E-state index contributed by atoms with van der Waals surface area (Å²) in [5, 5.41) is 16.2. The van der Waals surface area contributed by atoms with Crippen LogP contribution in [0.25, 0.3) is 10.8 Å². The third-order valence-electron chi connectivity index (χ3n) is 4.76. The minimum atomic E-state index is 0.0110. The van der Waals surface area contributed by atoms with E-state index >= 15 is 0 Å². The molecule has 0 aliphatic carbocycles. The maximum atomic E-state index is 10.2. The highest BCUT2D eigenvalue weighted by Crippen LogP contribution is 2.40. The first-order valence-corrected chi connectivity index (χ1v) is 8.44. The fourth-order valence-electron chi connectivity index (χ4n) is 3.68. The molecule has 1 aliphatic heterocycles. The lowest BCUT2D eigenvalue weighted by Gasteiger charge is -2.35. The molecular formula is C21H21NO2. The molecule has 2 N–H and O–H groups in total. The molecule has 2 atom stereocenters. The molecule has 3 aromatic carbocycles. The van der Waals surface area contributed by atoms with Crippen LogP contribution in [0.5, 0.6) is 5.75 Å². The van der Waals surface area contributed by atoms with E-state index < -0.39 is 0 Å². The van der Waals surface area contributed by atoms with Crippen molar-refractivity contribution in [3.63, 3.8) is 0 Å². The van der Waals surface area contributed by atoms with Gasteiger partial charge in [-0.25, -0.2) is 0 Å². The van der Waals surface area contributed by atoms with Gasteiger partial charge in [0.1, 0.15) is 5.75 Å². The van der Waals surface area contributed by atoms with E-state index in [2.05, 4.69) is 47.8 Å². The molecule has 0 saturated carbocycles. The molecule has 1 aliphatic rings. The molecule has 3 aromatic rings. The van der Waals surface area contributed by atoms with Crippen molar-refractivity contribution < 1.29 is 9.84 Å². The van der Waals surface area contributed by atoms with Crippen LogP contribution in [0, 0.1) is 0 Å². The molecule has 0 radical (unpaired) electrons. The van der Waals surface area contributed by atoms with Crippen LogP contribution in [0.3, 0.4) is 0 Å². The molecule has 24 heavy (non-hydrogen) atoms. The van der Waals surface area contributed by atoms with Crippen LogP contribution in [-0.2, 0) is 11.2 Å². The highest BCUT2D eigenvalue weighted by atomic mass is 16.5. The van der Waals surface area contributed by atoms with Gasteiger partial charge in [-0.15, -0.1) is 0 Å². The molecule has 4 rings (SSSR count). The van der Waals surface area contributed by atoms with Crippen molar-refractivity contribution in [2.45, 2.75) is 25.5 Å². The number of hydrogen-bond acceptors (Lipinski definition) is 3. The first kappa shape index (κ1) is 15.0. The molecule has 0 aromatic heterocycles. The monoisotopic (exact) mass is 319 g/mol. The third kappa shape index (κ3) is 2.51. The molecule has 0 fully saturated rings. The Labute approximate surface area is 141 Å². The topological polar surface area (TPSA) is 41.5 Å². The van der Waals surface area contributed by atoms with Crippen molar-refractivity contribution in [3.05, 3.63) is 71.8 Å². The van der Waals surface area contributed by atoms with Crippen molar-refractivity contribution in [1.82, 2.24) is 0 Å². The van der Waals surface area contributed by atoms with Gasteiger partial charge in [-0.05, 0) is 34.9 Å². The lowest BCUT2D eigenvalue weighted by atomic mass is 9.88. The fourth-order valence-corrected chi connectivity index (χ4v) is 3.68. The number of fused-ring (bicyclic) bond motifs is 2. The summed E-state index contributed by atoms with van der Waals surface area (Å²) in [7, 11) is 0. The van der Waals surface area contributed by atoms with Gasteiger partial charge >= 0.3 is 0 Å². The van der Waals surface area contributed by atoms with Crippen LogP contribution < -0.4 is 5.32 Å². The molecule has 3 nitrogen and oxygen atoms in total. The van der Waals surface area contributed by atoms with Gasteiger partial charge in [-0.2, -0.15) is 0 Å². The van der Waals surface area contributed by atoms with E-state index in [1.54, 1.807) is 6.07 Å². The second-order valence-corrected chi connectivity index (χ2v) is 6.20. The Morgan fingerprint density at radius 1 is 1.04 bits per heavy atom. The minimum absolute atomic E-state index is 0.0110. The number of rotatable bonds is 3. The van der Waals surface area contributed by atoms with E-state index in [-0.39, 0.29) is 12.1 Å². The van der Waals surface area contributed by atoms with Crippen LogP contribution >= 0.6 is 0 Å². The zero-order chi connectivity index (χ0) is 16.5. The number of phenolic OH excluding ortho intramolecular Hbond substituents is 1. The average Bonchev–Trinajstić information content (AvgIpc) is 2.61. The second kappa shape index (κ2) is 6.17. The van der Waals surface area contributed by atoms with Gasteiger partial charge in [-0.1, -0.05) is 54.6 Å². The number of anilines is 1. The van der Waals surface area contributed by atoms with Gasteiger partial charge < -0.3 is 15.2 Å². The van der Waals surface area contributed by atoms with Gasteiger partial charge in [0, 0.05) is 13.0 Å². The summed E-state index contributed by atoms with van der Waals surface area (Å²) in [4.78, 5) is 0. The molecule has 1 heterocycles. The molecule has 3 heteroatoms. The van der Waals surface area contributed by atoms with Crippen molar-refractivity contribution in [2.24, 2.45) is 0 Å². The highest BCUT2D eigenvalue weighted by Gasteiger charge is 2.31. The number of benzene rings is 3. The van der Waals surface area contributed by atoms with E-state index in [4.69, 9.17) is 4.74 Å². The predicted octanol–water partition coefficient (Wildman–Crippen LogP) is 4.66. The van der Waals surface area contributed by atoms with Crippen LogP contribution in [-0.4, -0.2) is 17.8 Å². The van der Waals surface area contributed by atoms with Crippen LogP contribution in [0.1, 0.15) is 24.1 Å². The Morgan fingerprint density at radius 2 is 1.83 bits per heavy atom. The molecule has 0 bridgehead atoms. The summed E-state index contributed by atoms with van der Waals surface area (Å²) in [5.41, 5.74) is 3.14. The van der Waals surface area contributed by atoms with Gasteiger partial charge in [0.15, 0.2) is 0 Å². The molecule has 0 unspecified atom stereocenters. The Bertz CT molecular complexity index is 869. The Kier molecular flexibility index (Phi) is 3.87. The molecule has 0 spiro atoms. The first-order valence-electron chi connectivity index (χ1n) is 8.44. The van der Waals surface area contributed by atoms with Gasteiger partial charge in [-0.3, -0.25) is 0 Å². The minimum Gasteiger partial charge on any atom is -0.506 e. The number of hydrogen-bond donors (Lipinski definition) is 2. The summed E-state index contributed by atoms with van der Waals surface area (Å²) in [5.74, 6) is 0.299. The van der Waals surface area contributed by atoms with E-state index in [1.165, 1.54) is 16.3 Å². The number of aromatic hydroxyl groups is 1. The largest absolute Gasteiger partial charge is 0.506 e. The lowest BCUT2D eigenvalue weighted by Crippen LogP contribution is -2.34. The number of para-hydroxylation sites is 1. The second-order valence-electron chi connectivity index (χ2n) is 6.20. The van der Waals surface area contributed by atoms with Crippen LogP contribution in [0.2, 0.25) is 0 Å². The van der Waals surface area contributed by atoms with Crippen molar-refractivity contribution in [2.75, 3.05) is 11.9 Å². The zero-order valence-corrected chi connectivity index (χ0v) is 13.7. The van der Waals surface area contributed by atoms with E-state index in [0.29, 0.717) is 12.4 Å². The van der Waals surface area contributed by atoms with Crippen molar-refractivity contribution >= 4 is 16.5 Å². The quantitative estimate of drug-likeness (QED) is 0.690. The Hall–Kier alpha value is -2.52. The number of phenols is 1. The average molecular weight is 319 g/mol. The molecule has 122 valence electrons. The standard InChI is InChI=1S/C21H21NO2/c1-2-24-19-13-15-9-6-12-18(23)20(15)22-21(19)17-11-5-8-14-7-3-4-10-16(14)17/h3-12,19,21-23H,2,13H2,1H3/t19-,21-/m1/s1. The van der Waals surface area contributed by atoms with Crippen LogP contribution in [0.4, 0.5) is 5.69 Å². The normalized spacial score (nSPS) is 19.7. The predicted molar refractivity (Wildman–Crippen MR) is 97.5 cm³/mol. The van der Waals surface area contributed by atoms with Crippen molar-refractivity contribution in [3.8, 4) is 5.75 Å². The highest BCUT2D eigenvalue weighted by molar-refractivity contribution is 5.86.